The third-order valence-corrected chi connectivity index (χ3v) is 6.37. The number of benzene rings is 3. The predicted molar refractivity (Wildman–Crippen MR) is 113 cm³/mol. The van der Waals surface area contributed by atoms with Crippen molar-refractivity contribution in [3.63, 3.8) is 0 Å². The maximum Gasteiger partial charge on any atom is 0.243 e. The number of halogens is 1. The Morgan fingerprint density at radius 1 is 0.926 bits per heavy atom. The maximum absolute atomic E-state index is 12.7. The molecule has 0 saturated carbocycles. The second-order valence-corrected chi connectivity index (χ2v) is 9.01. The molecule has 0 spiro atoms. The standard InChI is InChI=1S/C21H19BrN2O2S/c1-24(16-18-5-3-2-4-6-18)27(25,26)21-13-11-20(12-14-21)23-15-17-7-9-19(22)10-8-17/h2-15H,16H2,1H3. The van der Waals surface area contributed by atoms with E-state index in [9.17, 15) is 8.42 Å². The number of aliphatic imine (C=N–C) groups is 1. The fourth-order valence-electron chi connectivity index (χ4n) is 2.51. The number of hydrogen-bond donors (Lipinski definition) is 0. The summed E-state index contributed by atoms with van der Waals surface area (Å²) in [4.78, 5) is 4.65. The van der Waals surface area contributed by atoms with Gasteiger partial charge in [-0.2, -0.15) is 4.31 Å². The van der Waals surface area contributed by atoms with E-state index in [1.54, 1.807) is 37.5 Å². The first kappa shape index (κ1) is 19.5. The molecule has 0 amide bonds. The predicted octanol–water partition coefficient (Wildman–Crippen LogP) is 5.02. The van der Waals surface area contributed by atoms with Gasteiger partial charge in [0.2, 0.25) is 10.0 Å². The molecule has 0 unspecified atom stereocenters. The van der Waals surface area contributed by atoms with Crippen LogP contribution in [0.2, 0.25) is 0 Å². The molecule has 3 rings (SSSR count). The Kier molecular flexibility index (Phi) is 6.21. The van der Waals surface area contributed by atoms with Gasteiger partial charge in [0.25, 0.3) is 0 Å². The van der Waals surface area contributed by atoms with Crippen LogP contribution in [-0.2, 0) is 16.6 Å². The zero-order valence-electron chi connectivity index (χ0n) is 14.8. The van der Waals surface area contributed by atoms with Gasteiger partial charge in [-0.1, -0.05) is 58.4 Å². The van der Waals surface area contributed by atoms with Gasteiger partial charge in [0.1, 0.15) is 0 Å². The van der Waals surface area contributed by atoms with Crippen LogP contribution in [0.4, 0.5) is 5.69 Å². The maximum atomic E-state index is 12.7. The Bertz CT molecular complexity index is 1020. The molecule has 0 bridgehead atoms. The highest BCUT2D eigenvalue weighted by atomic mass is 79.9. The van der Waals surface area contributed by atoms with Gasteiger partial charge < -0.3 is 0 Å². The average Bonchev–Trinajstić information content (AvgIpc) is 2.68. The molecule has 0 atom stereocenters. The summed E-state index contributed by atoms with van der Waals surface area (Å²) in [5.74, 6) is 0. The Morgan fingerprint density at radius 2 is 1.56 bits per heavy atom. The highest BCUT2D eigenvalue weighted by Gasteiger charge is 2.20. The van der Waals surface area contributed by atoms with Crippen LogP contribution in [0.25, 0.3) is 0 Å². The minimum absolute atomic E-state index is 0.253. The minimum Gasteiger partial charge on any atom is -0.256 e. The molecule has 0 aliphatic carbocycles. The Balaban J connectivity index is 1.72. The number of sulfonamides is 1. The third kappa shape index (κ3) is 5.13. The average molecular weight is 443 g/mol. The van der Waals surface area contributed by atoms with E-state index in [2.05, 4.69) is 20.9 Å². The van der Waals surface area contributed by atoms with Gasteiger partial charge in [-0.25, -0.2) is 8.42 Å². The monoisotopic (exact) mass is 442 g/mol. The van der Waals surface area contributed by atoms with Crippen molar-refractivity contribution in [3.05, 3.63) is 94.5 Å². The Hall–Kier alpha value is -2.28. The van der Waals surface area contributed by atoms with Gasteiger partial charge in [0.15, 0.2) is 0 Å². The Labute approximate surface area is 168 Å². The molecular formula is C21H19BrN2O2S. The zero-order valence-corrected chi connectivity index (χ0v) is 17.2. The molecule has 0 aliphatic rings. The lowest BCUT2D eigenvalue weighted by molar-refractivity contribution is 0.467. The molecular weight excluding hydrogens is 424 g/mol. The van der Waals surface area contributed by atoms with Crippen LogP contribution in [-0.4, -0.2) is 26.0 Å². The molecule has 27 heavy (non-hydrogen) atoms. The van der Waals surface area contributed by atoms with Crippen molar-refractivity contribution in [3.8, 4) is 0 Å². The van der Waals surface area contributed by atoms with Crippen molar-refractivity contribution >= 4 is 37.9 Å². The SMILES string of the molecule is CN(Cc1ccccc1)S(=O)(=O)c1ccc(N=Cc2ccc(Br)cc2)cc1. The van der Waals surface area contributed by atoms with Crippen molar-refractivity contribution in [2.75, 3.05) is 7.05 Å². The molecule has 0 N–H and O–H groups in total. The number of hydrogen-bond acceptors (Lipinski definition) is 3. The smallest absolute Gasteiger partial charge is 0.243 e. The summed E-state index contributed by atoms with van der Waals surface area (Å²) in [5.41, 5.74) is 2.61. The van der Waals surface area contributed by atoms with Gasteiger partial charge in [0, 0.05) is 24.3 Å². The van der Waals surface area contributed by atoms with Crippen molar-refractivity contribution in [2.45, 2.75) is 11.4 Å². The molecule has 4 nitrogen and oxygen atoms in total. The summed E-state index contributed by atoms with van der Waals surface area (Å²) in [6, 6.07) is 23.9. The van der Waals surface area contributed by atoms with Crippen LogP contribution in [0.1, 0.15) is 11.1 Å². The minimum atomic E-state index is -3.55. The molecule has 0 fully saturated rings. The van der Waals surface area contributed by atoms with Gasteiger partial charge in [0.05, 0.1) is 10.6 Å². The van der Waals surface area contributed by atoms with Crippen molar-refractivity contribution in [2.24, 2.45) is 4.99 Å². The van der Waals surface area contributed by atoms with E-state index in [-0.39, 0.29) is 4.90 Å². The molecule has 0 saturated heterocycles. The van der Waals surface area contributed by atoms with Crippen LogP contribution in [0.15, 0.2) is 93.2 Å². The fourth-order valence-corrected chi connectivity index (χ4v) is 3.93. The number of rotatable bonds is 6. The lowest BCUT2D eigenvalue weighted by Crippen LogP contribution is -2.26. The summed E-state index contributed by atoms with van der Waals surface area (Å²) >= 11 is 3.39. The van der Waals surface area contributed by atoms with E-state index in [0.717, 1.165) is 15.6 Å². The van der Waals surface area contributed by atoms with E-state index >= 15 is 0 Å². The molecule has 3 aromatic carbocycles. The molecule has 0 aromatic heterocycles. The summed E-state index contributed by atoms with van der Waals surface area (Å²) in [6.45, 7) is 0.326. The first-order chi connectivity index (χ1) is 12.9. The summed E-state index contributed by atoms with van der Waals surface area (Å²) in [6.07, 6.45) is 1.75. The lowest BCUT2D eigenvalue weighted by Gasteiger charge is -2.17. The van der Waals surface area contributed by atoms with Gasteiger partial charge >= 0.3 is 0 Å². The normalized spacial score (nSPS) is 12.0. The molecule has 138 valence electrons. The van der Waals surface area contributed by atoms with Crippen molar-refractivity contribution < 1.29 is 8.42 Å². The topological polar surface area (TPSA) is 49.7 Å². The highest BCUT2D eigenvalue weighted by molar-refractivity contribution is 9.10. The van der Waals surface area contributed by atoms with Crippen LogP contribution in [0.3, 0.4) is 0 Å². The van der Waals surface area contributed by atoms with E-state index in [1.807, 2.05) is 54.6 Å². The fraction of sp³-hybridized carbons (Fsp3) is 0.0952. The molecule has 0 heterocycles. The molecule has 0 aliphatic heterocycles. The largest absolute Gasteiger partial charge is 0.256 e. The summed E-state index contributed by atoms with van der Waals surface area (Å²) < 4.78 is 27.8. The van der Waals surface area contributed by atoms with E-state index in [0.29, 0.717) is 12.2 Å². The molecule has 0 radical (unpaired) electrons. The molecule has 3 aromatic rings. The van der Waals surface area contributed by atoms with Crippen LogP contribution < -0.4 is 0 Å². The van der Waals surface area contributed by atoms with E-state index < -0.39 is 10.0 Å². The first-order valence-electron chi connectivity index (χ1n) is 8.35. The van der Waals surface area contributed by atoms with Crippen molar-refractivity contribution in [1.82, 2.24) is 4.31 Å². The lowest BCUT2D eigenvalue weighted by atomic mass is 10.2. The second-order valence-electron chi connectivity index (χ2n) is 6.05. The quantitative estimate of drug-likeness (QED) is 0.503. The van der Waals surface area contributed by atoms with Crippen molar-refractivity contribution in [1.29, 1.82) is 0 Å². The second kappa shape index (κ2) is 8.61. The third-order valence-electron chi connectivity index (χ3n) is 4.03. The summed E-state index contributed by atoms with van der Waals surface area (Å²) in [7, 11) is -1.96. The van der Waals surface area contributed by atoms with Gasteiger partial charge in [-0.3, -0.25) is 4.99 Å². The van der Waals surface area contributed by atoms with Crippen LogP contribution >= 0.6 is 15.9 Å². The van der Waals surface area contributed by atoms with E-state index in [1.165, 1.54) is 4.31 Å². The molecule has 6 heteroatoms. The van der Waals surface area contributed by atoms with E-state index in [4.69, 9.17) is 0 Å². The van der Waals surface area contributed by atoms with Crippen LogP contribution in [0, 0.1) is 0 Å². The summed E-state index contributed by atoms with van der Waals surface area (Å²) in [5, 5.41) is 0. The first-order valence-corrected chi connectivity index (χ1v) is 10.6. The number of nitrogens with zero attached hydrogens (tertiary/aromatic N) is 2. The van der Waals surface area contributed by atoms with Gasteiger partial charge in [-0.05, 0) is 47.5 Å². The Morgan fingerprint density at radius 3 is 2.19 bits per heavy atom. The highest BCUT2D eigenvalue weighted by Crippen LogP contribution is 2.21. The van der Waals surface area contributed by atoms with Crippen LogP contribution in [0.5, 0.6) is 0 Å². The van der Waals surface area contributed by atoms with Gasteiger partial charge in [-0.15, -0.1) is 0 Å². The zero-order chi connectivity index (χ0) is 19.3.